The van der Waals surface area contributed by atoms with E-state index in [4.69, 9.17) is 15.3 Å². The Morgan fingerprint density at radius 3 is 3.04 bits per heavy atom. The molecule has 8 nitrogen and oxygen atoms in total. The lowest BCUT2D eigenvalue weighted by atomic mass is 10.2. The van der Waals surface area contributed by atoms with Crippen molar-refractivity contribution < 1.29 is 14.0 Å². The predicted octanol–water partition coefficient (Wildman–Crippen LogP) is 2.35. The number of ether oxygens (including phenoxy) is 1. The van der Waals surface area contributed by atoms with Gasteiger partial charge in [0.2, 0.25) is 5.88 Å². The number of nitrogens with two attached hydrogens (primary N) is 1. The van der Waals surface area contributed by atoms with E-state index in [-0.39, 0.29) is 17.4 Å². The van der Waals surface area contributed by atoms with E-state index in [0.717, 1.165) is 5.69 Å². The Balaban J connectivity index is 1.88. The van der Waals surface area contributed by atoms with Gasteiger partial charge in [0, 0.05) is 23.1 Å². The molecule has 0 aliphatic heterocycles. The zero-order chi connectivity index (χ0) is 18.5. The van der Waals surface area contributed by atoms with E-state index in [2.05, 4.69) is 25.4 Å². The van der Waals surface area contributed by atoms with Crippen molar-refractivity contribution in [1.29, 1.82) is 0 Å². The van der Waals surface area contributed by atoms with Gasteiger partial charge in [-0.3, -0.25) is 0 Å². The molecule has 2 heterocycles. The second-order valence-corrected chi connectivity index (χ2v) is 5.54. The van der Waals surface area contributed by atoms with E-state index in [1.54, 1.807) is 19.2 Å². The lowest BCUT2D eigenvalue weighted by molar-refractivity contribution is 0.149. The number of rotatable bonds is 7. The summed E-state index contributed by atoms with van der Waals surface area (Å²) >= 11 is 0. The molecule has 0 amide bonds. The van der Waals surface area contributed by atoms with Crippen LogP contribution in [0.5, 0.6) is 11.6 Å². The molecule has 1 aromatic carbocycles. The summed E-state index contributed by atoms with van der Waals surface area (Å²) in [5, 5.41) is 7.18. The van der Waals surface area contributed by atoms with E-state index in [0.29, 0.717) is 29.6 Å². The molecule has 3 rings (SSSR count). The van der Waals surface area contributed by atoms with Crippen LogP contribution in [-0.4, -0.2) is 41.4 Å². The maximum absolute atomic E-state index is 14.7. The number of aromatic amines is 1. The summed E-state index contributed by atoms with van der Waals surface area (Å²) in [5.41, 5.74) is 7.71. The van der Waals surface area contributed by atoms with Gasteiger partial charge in [0.1, 0.15) is 24.3 Å². The number of hydrogen-bond acceptors (Lipinski definition) is 7. The van der Waals surface area contributed by atoms with Crippen LogP contribution in [0.4, 0.5) is 10.2 Å². The minimum absolute atomic E-state index is 0.0281. The van der Waals surface area contributed by atoms with Crippen molar-refractivity contribution in [1.82, 2.24) is 20.3 Å². The first kappa shape index (κ1) is 17.6. The molecule has 0 saturated heterocycles. The van der Waals surface area contributed by atoms with Crippen molar-refractivity contribution in [2.24, 2.45) is 5.16 Å². The number of benzene rings is 1. The molecule has 2 aromatic heterocycles. The number of anilines is 1. The highest BCUT2D eigenvalue weighted by Gasteiger charge is 2.15. The first-order valence-electron chi connectivity index (χ1n) is 7.96. The fourth-order valence-electron chi connectivity index (χ4n) is 2.36. The van der Waals surface area contributed by atoms with Gasteiger partial charge in [0.15, 0.2) is 11.6 Å². The number of hydrogen-bond donors (Lipinski definition) is 3. The van der Waals surface area contributed by atoms with Gasteiger partial charge < -0.3 is 25.6 Å². The van der Waals surface area contributed by atoms with Crippen LogP contribution < -0.4 is 15.8 Å². The van der Waals surface area contributed by atoms with Crippen LogP contribution >= 0.6 is 0 Å². The Hall–Kier alpha value is -3.20. The number of halogens is 1. The van der Waals surface area contributed by atoms with Gasteiger partial charge in [0.05, 0.1) is 6.21 Å². The van der Waals surface area contributed by atoms with Crippen LogP contribution in [0.3, 0.4) is 0 Å². The third-order valence-corrected chi connectivity index (χ3v) is 3.62. The molecule has 0 saturated carbocycles. The number of likely N-dealkylation sites (N-methyl/N-ethyl adjacent to an activating group) is 1. The van der Waals surface area contributed by atoms with Crippen molar-refractivity contribution in [3.8, 4) is 11.6 Å². The second-order valence-electron chi connectivity index (χ2n) is 5.54. The standard InChI is InChI=1S/C17H19FN6O2/c1-10-7-11-13(24-10)3-4-14(15(11)18)26-17-12(16(19)21-9-22-17)8-23-25-6-5-20-2/h3-4,7-9,20,24H,5-6H2,1-2H3,(H2,19,21,22)/b23-8+. The minimum Gasteiger partial charge on any atom is -0.435 e. The molecule has 0 spiro atoms. The Morgan fingerprint density at radius 1 is 1.38 bits per heavy atom. The fourth-order valence-corrected chi connectivity index (χ4v) is 2.36. The van der Waals surface area contributed by atoms with Gasteiger partial charge in [-0.05, 0) is 32.2 Å². The third-order valence-electron chi connectivity index (χ3n) is 3.62. The number of fused-ring (bicyclic) bond motifs is 1. The van der Waals surface area contributed by atoms with Crippen molar-refractivity contribution >= 4 is 22.9 Å². The average molecular weight is 358 g/mol. The summed E-state index contributed by atoms with van der Waals surface area (Å²) < 4.78 is 20.3. The summed E-state index contributed by atoms with van der Waals surface area (Å²) in [4.78, 5) is 16.1. The largest absolute Gasteiger partial charge is 0.435 e. The minimum atomic E-state index is -0.489. The van der Waals surface area contributed by atoms with E-state index >= 15 is 0 Å². The molecule has 0 radical (unpaired) electrons. The van der Waals surface area contributed by atoms with E-state index in [9.17, 15) is 4.39 Å². The second kappa shape index (κ2) is 7.79. The molecule has 26 heavy (non-hydrogen) atoms. The highest BCUT2D eigenvalue weighted by Crippen LogP contribution is 2.31. The van der Waals surface area contributed by atoms with Gasteiger partial charge in [-0.2, -0.15) is 0 Å². The molecule has 0 aliphatic rings. The van der Waals surface area contributed by atoms with Gasteiger partial charge in [-0.15, -0.1) is 0 Å². The predicted molar refractivity (Wildman–Crippen MR) is 97.0 cm³/mol. The van der Waals surface area contributed by atoms with Gasteiger partial charge >= 0.3 is 0 Å². The number of nitrogens with one attached hydrogen (secondary N) is 2. The monoisotopic (exact) mass is 358 g/mol. The SMILES string of the molecule is CNCCO/N=C/c1c(N)ncnc1Oc1ccc2[nH]c(C)cc2c1F. The van der Waals surface area contributed by atoms with Crippen LogP contribution in [0.25, 0.3) is 10.9 Å². The normalized spacial score (nSPS) is 11.3. The zero-order valence-electron chi connectivity index (χ0n) is 14.4. The van der Waals surface area contributed by atoms with Gasteiger partial charge in [-0.25, -0.2) is 14.4 Å². The molecule has 3 aromatic rings. The smallest absolute Gasteiger partial charge is 0.233 e. The number of aryl methyl sites for hydroxylation is 1. The highest BCUT2D eigenvalue weighted by molar-refractivity contribution is 5.88. The number of H-pyrrole nitrogens is 1. The fraction of sp³-hybridized carbons (Fsp3) is 0.235. The van der Waals surface area contributed by atoms with Crippen molar-refractivity contribution in [2.75, 3.05) is 25.9 Å². The lowest BCUT2D eigenvalue weighted by Gasteiger charge is -2.09. The van der Waals surface area contributed by atoms with Crippen LogP contribution in [0.1, 0.15) is 11.3 Å². The van der Waals surface area contributed by atoms with Crippen LogP contribution in [0.2, 0.25) is 0 Å². The maximum Gasteiger partial charge on any atom is 0.233 e. The van der Waals surface area contributed by atoms with Crippen molar-refractivity contribution in [3.63, 3.8) is 0 Å². The van der Waals surface area contributed by atoms with Crippen molar-refractivity contribution in [2.45, 2.75) is 6.92 Å². The molecule has 0 atom stereocenters. The zero-order valence-corrected chi connectivity index (χ0v) is 14.4. The highest BCUT2D eigenvalue weighted by atomic mass is 19.1. The van der Waals surface area contributed by atoms with E-state index in [1.165, 1.54) is 18.6 Å². The van der Waals surface area contributed by atoms with Crippen LogP contribution in [-0.2, 0) is 4.84 Å². The molecule has 0 unspecified atom stereocenters. The van der Waals surface area contributed by atoms with Crippen LogP contribution in [0.15, 0.2) is 29.7 Å². The summed E-state index contributed by atoms with van der Waals surface area (Å²) in [5.74, 6) is -0.226. The maximum atomic E-state index is 14.7. The van der Waals surface area contributed by atoms with Gasteiger partial charge in [-0.1, -0.05) is 5.16 Å². The average Bonchev–Trinajstić information content (AvgIpc) is 3.00. The van der Waals surface area contributed by atoms with Crippen molar-refractivity contribution in [3.05, 3.63) is 41.6 Å². The molecule has 136 valence electrons. The van der Waals surface area contributed by atoms with Crippen LogP contribution in [0, 0.1) is 12.7 Å². The molecule has 0 fully saturated rings. The number of nitrogen functional groups attached to an aromatic ring is 1. The Morgan fingerprint density at radius 2 is 2.23 bits per heavy atom. The first-order chi connectivity index (χ1) is 12.6. The summed E-state index contributed by atoms with van der Waals surface area (Å²) in [6.07, 6.45) is 2.58. The third kappa shape index (κ3) is 3.72. The molecule has 4 N–H and O–H groups in total. The molecule has 0 aliphatic carbocycles. The summed E-state index contributed by atoms with van der Waals surface area (Å²) in [6, 6.07) is 4.97. The first-order valence-corrected chi connectivity index (χ1v) is 7.96. The van der Waals surface area contributed by atoms with Gasteiger partial charge in [0.25, 0.3) is 0 Å². The molecular formula is C17H19FN6O2. The number of aromatic nitrogens is 3. The Bertz CT molecular complexity index is 940. The topological polar surface area (TPSA) is 110 Å². The Kier molecular flexibility index (Phi) is 5.28. The van der Waals surface area contributed by atoms with E-state index in [1.807, 2.05) is 6.92 Å². The Labute approximate surface area is 149 Å². The quantitative estimate of drug-likeness (QED) is 0.340. The van der Waals surface area contributed by atoms with E-state index < -0.39 is 5.82 Å². The molecule has 9 heteroatoms. The number of oxime groups is 1. The molecule has 0 bridgehead atoms. The summed E-state index contributed by atoms with van der Waals surface area (Å²) in [7, 11) is 1.80. The lowest BCUT2D eigenvalue weighted by Crippen LogP contribution is -2.12. The molecular weight excluding hydrogens is 339 g/mol. The summed E-state index contributed by atoms with van der Waals surface area (Å²) in [6.45, 7) is 2.88. The number of nitrogens with zero attached hydrogens (tertiary/aromatic N) is 3.